The second-order valence-corrected chi connectivity index (χ2v) is 7.26. The molecule has 0 spiro atoms. The molecule has 7 heteroatoms. The Morgan fingerprint density at radius 1 is 1.15 bits per heavy atom. The van der Waals surface area contributed by atoms with Gasteiger partial charge in [-0.2, -0.15) is 0 Å². The van der Waals surface area contributed by atoms with Gasteiger partial charge in [0.2, 0.25) is 0 Å². The lowest BCUT2D eigenvalue weighted by molar-refractivity contribution is -0.124. The number of ether oxygens (including phenoxy) is 1. The second-order valence-electron chi connectivity index (χ2n) is 6.18. The van der Waals surface area contributed by atoms with Crippen LogP contribution in [0.15, 0.2) is 48.5 Å². The molecular formula is C20H19FN2O3S. The zero-order valence-corrected chi connectivity index (χ0v) is 15.8. The standard InChI is InChI=1S/C20H19FN2O3S/c1-23(2)14-8-6-13(7-9-14)11-22-19(24)12-26-20(25)18-10-15-16(21)4-3-5-17(15)27-18/h3-10H,11-12H2,1-2H3,(H,22,24). The van der Waals surface area contributed by atoms with Gasteiger partial charge in [-0.1, -0.05) is 18.2 Å². The SMILES string of the molecule is CN(C)c1ccc(CNC(=O)COC(=O)c2cc3c(F)cccc3s2)cc1. The van der Waals surface area contributed by atoms with Gasteiger partial charge in [0.25, 0.3) is 5.91 Å². The highest BCUT2D eigenvalue weighted by Gasteiger charge is 2.15. The first-order valence-electron chi connectivity index (χ1n) is 8.32. The predicted octanol–water partition coefficient (Wildman–Crippen LogP) is 3.58. The van der Waals surface area contributed by atoms with Crippen LogP contribution in [0.25, 0.3) is 10.1 Å². The number of hydrogen-bond donors (Lipinski definition) is 1. The summed E-state index contributed by atoms with van der Waals surface area (Å²) >= 11 is 1.13. The molecule has 0 bridgehead atoms. The molecule has 1 heterocycles. The normalized spacial score (nSPS) is 10.6. The van der Waals surface area contributed by atoms with Gasteiger partial charge >= 0.3 is 5.97 Å². The maximum Gasteiger partial charge on any atom is 0.348 e. The molecule has 1 amide bonds. The molecule has 1 N–H and O–H groups in total. The van der Waals surface area contributed by atoms with Gasteiger partial charge < -0.3 is 15.0 Å². The van der Waals surface area contributed by atoms with Crippen molar-refractivity contribution in [1.29, 1.82) is 0 Å². The van der Waals surface area contributed by atoms with Crippen molar-refractivity contribution in [1.82, 2.24) is 5.32 Å². The van der Waals surface area contributed by atoms with Crippen molar-refractivity contribution in [3.8, 4) is 0 Å². The molecule has 0 unspecified atom stereocenters. The molecule has 3 rings (SSSR count). The number of fused-ring (bicyclic) bond motifs is 1. The molecule has 0 radical (unpaired) electrons. The molecule has 0 aliphatic heterocycles. The average molecular weight is 386 g/mol. The third-order valence-corrected chi connectivity index (χ3v) is 5.07. The zero-order chi connectivity index (χ0) is 19.4. The van der Waals surface area contributed by atoms with E-state index in [9.17, 15) is 14.0 Å². The molecule has 0 saturated carbocycles. The number of amides is 1. The van der Waals surface area contributed by atoms with Crippen molar-refractivity contribution >= 4 is 39.0 Å². The van der Waals surface area contributed by atoms with Crippen LogP contribution in [0.5, 0.6) is 0 Å². The third-order valence-electron chi connectivity index (χ3n) is 3.99. The molecule has 1 aromatic heterocycles. The number of esters is 1. The van der Waals surface area contributed by atoms with Crippen LogP contribution in [0.1, 0.15) is 15.2 Å². The van der Waals surface area contributed by atoms with Gasteiger partial charge in [0, 0.05) is 36.4 Å². The number of carbonyl (C=O) groups excluding carboxylic acids is 2. The van der Waals surface area contributed by atoms with E-state index in [4.69, 9.17) is 4.74 Å². The van der Waals surface area contributed by atoms with Gasteiger partial charge in [0.15, 0.2) is 6.61 Å². The third kappa shape index (κ3) is 4.62. The van der Waals surface area contributed by atoms with Crippen molar-refractivity contribution in [2.45, 2.75) is 6.54 Å². The Labute approximate surface area is 160 Å². The Morgan fingerprint density at radius 3 is 2.56 bits per heavy atom. The Morgan fingerprint density at radius 2 is 1.89 bits per heavy atom. The summed E-state index contributed by atoms with van der Waals surface area (Å²) in [6, 6.07) is 13.9. The molecule has 0 aliphatic rings. The number of anilines is 1. The van der Waals surface area contributed by atoms with E-state index in [1.807, 2.05) is 43.3 Å². The molecule has 0 aliphatic carbocycles. The number of halogens is 1. The largest absolute Gasteiger partial charge is 0.451 e. The number of carbonyl (C=O) groups is 2. The number of thiophene rings is 1. The van der Waals surface area contributed by atoms with Gasteiger partial charge in [-0.3, -0.25) is 4.79 Å². The second kappa shape index (κ2) is 8.18. The number of hydrogen-bond acceptors (Lipinski definition) is 5. The minimum absolute atomic E-state index is 0.266. The topological polar surface area (TPSA) is 58.6 Å². The maximum absolute atomic E-state index is 13.7. The van der Waals surface area contributed by atoms with Gasteiger partial charge in [-0.15, -0.1) is 11.3 Å². The predicted molar refractivity (Wildman–Crippen MR) is 105 cm³/mol. The van der Waals surface area contributed by atoms with Crippen LogP contribution < -0.4 is 10.2 Å². The molecule has 3 aromatic rings. The lowest BCUT2D eigenvalue weighted by atomic mass is 10.2. The maximum atomic E-state index is 13.7. The molecule has 2 aromatic carbocycles. The van der Waals surface area contributed by atoms with E-state index in [1.165, 1.54) is 12.1 Å². The smallest absolute Gasteiger partial charge is 0.348 e. The highest BCUT2D eigenvalue weighted by Crippen LogP contribution is 2.28. The number of nitrogens with zero attached hydrogens (tertiary/aromatic N) is 1. The Bertz CT molecular complexity index is 967. The Kier molecular flexibility index (Phi) is 5.71. The van der Waals surface area contributed by atoms with E-state index < -0.39 is 11.9 Å². The van der Waals surface area contributed by atoms with Crippen molar-refractivity contribution in [2.75, 3.05) is 25.6 Å². The van der Waals surface area contributed by atoms with Crippen molar-refractivity contribution < 1.29 is 18.7 Å². The van der Waals surface area contributed by atoms with Gasteiger partial charge in [0.05, 0.1) is 0 Å². The molecule has 27 heavy (non-hydrogen) atoms. The van der Waals surface area contributed by atoms with Crippen molar-refractivity contribution in [2.24, 2.45) is 0 Å². The average Bonchev–Trinajstić information content (AvgIpc) is 3.10. The zero-order valence-electron chi connectivity index (χ0n) is 15.0. The van der Waals surface area contributed by atoms with Crippen LogP contribution in [0.4, 0.5) is 10.1 Å². The molecule has 140 valence electrons. The van der Waals surface area contributed by atoms with E-state index in [-0.39, 0.29) is 17.3 Å². The minimum atomic E-state index is -0.638. The van der Waals surface area contributed by atoms with Crippen LogP contribution in [-0.2, 0) is 16.1 Å². The van der Waals surface area contributed by atoms with Crippen LogP contribution in [-0.4, -0.2) is 32.6 Å². The van der Waals surface area contributed by atoms with Gasteiger partial charge in [-0.05, 0) is 35.9 Å². The highest BCUT2D eigenvalue weighted by molar-refractivity contribution is 7.20. The number of benzene rings is 2. The summed E-state index contributed by atoms with van der Waals surface area (Å²) in [6.45, 7) is -0.0382. The summed E-state index contributed by atoms with van der Waals surface area (Å²) in [6.07, 6.45) is 0. The molecular weight excluding hydrogens is 367 g/mol. The first-order valence-corrected chi connectivity index (χ1v) is 9.14. The van der Waals surface area contributed by atoms with Crippen LogP contribution in [0, 0.1) is 5.82 Å². The fourth-order valence-electron chi connectivity index (χ4n) is 2.49. The fourth-order valence-corrected chi connectivity index (χ4v) is 3.46. The number of rotatable bonds is 6. The first kappa shape index (κ1) is 18.8. The van der Waals surface area contributed by atoms with E-state index >= 15 is 0 Å². The lowest BCUT2D eigenvalue weighted by Gasteiger charge is -2.13. The molecule has 0 atom stereocenters. The van der Waals surface area contributed by atoms with Crippen molar-refractivity contribution in [3.05, 3.63) is 64.8 Å². The van der Waals surface area contributed by atoms with Crippen LogP contribution >= 0.6 is 11.3 Å². The molecule has 0 saturated heterocycles. The number of nitrogens with one attached hydrogen (secondary N) is 1. The first-order chi connectivity index (χ1) is 12.9. The van der Waals surface area contributed by atoms with Crippen LogP contribution in [0.2, 0.25) is 0 Å². The summed E-state index contributed by atoms with van der Waals surface area (Å²) in [5.74, 6) is -1.42. The van der Waals surface area contributed by atoms with Crippen LogP contribution in [0.3, 0.4) is 0 Å². The van der Waals surface area contributed by atoms with E-state index in [0.29, 0.717) is 16.6 Å². The monoisotopic (exact) mass is 386 g/mol. The van der Waals surface area contributed by atoms with Crippen molar-refractivity contribution in [3.63, 3.8) is 0 Å². The van der Waals surface area contributed by atoms with E-state index in [1.54, 1.807) is 12.1 Å². The lowest BCUT2D eigenvalue weighted by Crippen LogP contribution is -2.28. The summed E-state index contributed by atoms with van der Waals surface area (Å²) in [5, 5.41) is 3.08. The quantitative estimate of drug-likeness (QED) is 0.658. The Hall–Kier alpha value is -2.93. The van der Waals surface area contributed by atoms with Gasteiger partial charge in [0.1, 0.15) is 10.7 Å². The molecule has 0 fully saturated rings. The summed E-state index contributed by atoms with van der Waals surface area (Å²) < 4.78 is 19.4. The summed E-state index contributed by atoms with van der Waals surface area (Å²) in [7, 11) is 3.91. The van der Waals surface area contributed by atoms with Gasteiger partial charge in [-0.25, -0.2) is 9.18 Å². The fraction of sp³-hybridized carbons (Fsp3) is 0.200. The summed E-state index contributed by atoms with van der Waals surface area (Å²) in [5.41, 5.74) is 2.01. The van der Waals surface area contributed by atoms with E-state index in [0.717, 1.165) is 22.6 Å². The summed E-state index contributed by atoms with van der Waals surface area (Å²) in [4.78, 5) is 26.2. The van der Waals surface area contributed by atoms with E-state index in [2.05, 4.69) is 5.32 Å². The Balaban J connectivity index is 1.50. The molecule has 5 nitrogen and oxygen atoms in total. The highest BCUT2D eigenvalue weighted by atomic mass is 32.1. The minimum Gasteiger partial charge on any atom is -0.451 e.